The van der Waals surface area contributed by atoms with Gasteiger partial charge in [0.05, 0.1) is 25.8 Å². The Balaban J connectivity index is 1.57. The van der Waals surface area contributed by atoms with E-state index in [1.807, 2.05) is 41.0 Å². The van der Waals surface area contributed by atoms with Crippen LogP contribution in [0.2, 0.25) is 0 Å². The van der Waals surface area contributed by atoms with Crippen LogP contribution in [-0.4, -0.2) is 54.0 Å². The number of para-hydroxylation sites is 1. The summed E-state index contributed by atoms with van der Waals surface area (Å²) >= 11 is 0. The molecule has 0 bridgehead atoms. The number of carbonyl (C=O) groups is 1. The van der Waals surface area contributed by atoms with Gasteiger partial charge in [-0.3, -0.25) is 14.5 Å². The Kier molecular flexibility index (Phi) is 6.01. The molecule has 1 aliphatic carbocycles. The van der Waals surface area contributed by atoms with Gasteiger partial charge in [-0.2, -0.15) is 0 Å². The first-order valence-corrected chi connectivity index (χ1v) is 11.9. The smallest absolute Gasteiger partial charge is 0.323 e. The molecule has 1 N–H and O–H groups in total. The van der Waals surface area contributed by atoms with E-state index in [9.17, 15) is 14.7 Å². The molecule has 3 aliphatic rings. The van der Waals surface area contributed by atoms with Gasteiger partial charge in [-0.25, -0.2) is 0 Å². The maximum atomic E-state index is 13.6. The number of benzene rings is 1. The van der Waals surface area contributed by atoms with Gasteiger partial charge in [0.25, 0.3) is 5.56 Å². The van der Waals surface area contributed by atoms with Crippen LogP contribution in [0.25, 0.3) is 11.1 Å². The fourth-order valence-electron chi connectivity index (χ4n) is 6.46. The van der Waals surface area contributed by atoms with Crippen LogP contribution in [-0.2, 0) is 16.1 Å². The molecule has 5 rings (SSSR count). The van der Waals surface area contributed by atoms with E-state index in [2.05, 4.69) is 4.90 Å². The summed E-state index contributed by atoms with van der Waals surface area (Å²) in [6.07, 6.45) is 4.75. The van der Waals surface area contributed by atoms with Crippen LogP contribution in [0, 0.1) is 17.8 Å². The maximum Gasteiger partial charge on any atom is 0.323 e. The van der Waals surface area contributed by atoms with Gasteiger partial charge in [0.2, 0.25) is 0 Å². The van der Waals surface area contributed by atoms with E-state index in [1.165, 1.54) is 20.0 Å². The predicted octanol–water partition coefficient (Wildman–Crippen LogP) is 2.85. The Labute approximate surface area is 193 Å². The van der Waals surface area contributed by atoms with Gasteiger partial charge in [-0.15, -0.1) is 0 Å². The van der Waals surface area contributed by atoms with Crippen molar-refractivity contribution in [2.75, 3.05) is 27.4 Å². The summed E-state index contributed by atoms with van der Waals surface area (Å²) in [6, 6.07) is 10.9. The van der Waals surface area contributed by atoms with Crippen molar-refractivity contribution in [2.24, 2.45) is 17.8 Å². The zero-order valence-electron chi connectivity index (χ0n) is 19.3. The van der Waals surface area contributed by atoms with E-state index in [0.717, 1.165) is 30.6 Å². The molecule has 0 spiro atoms. The molecular weight excluding hydrogens is 420 g/mol. The van der Waals surface area contributed by atoms with Crippen LogP contribution in [0.1, 0.15) is 37.4 Å². The molecule has 7 heteroatoms. The molecule has 2 fully saturated rings. The molecule has 2 aliphatic heterocycles. The highest BCUT2D eigenvalue weighted by atomic mass is 16.5. The van der Waals surface area contributed by atoms with Crippen LogP contribution in [0.5, 0.6) is 5.75 Å². The molecule has 1 saturated carbocycles. The van der Waals surface area contributed by atoms with Crippen molar-refractivity contribution >= 4 is 5.97 Å². The Morgan fingerprint density at radius 3 is 2.55 bits per heavy atom. The molecule has 1 aromatic heterocycles. The van der Waals surface area contributed by atoms with Crippen molar-refractivity contribution in [2.45, 2.75) is 44.3 Å². The minimum absolute atomic E-state index is 0.0129. The van der Waals surface area contributed by atoms with E-state index in [1.54, 1.807) is 7.11 Å². The average molecular weight is 453 g/mol. The number of esters is 1. The van der Waals surface area contributed by atoms with Crippen LogP contribution in [0.15, 0.2) is 41.2 Å². The number of aliphatic hydroxyl groups is 1. The van der Waals surface area contributed by atoms with E-state index < -0.39 is 6.04 Å². The predicted molar refractivity (Wildman–Crippen MR) is 124 cm³/mol. The van der Waals surface area contributed by atoms with Crippen LogP contribution >= 0.6 is 0 Å². The Morgan fingerprint density at radius 2 is 1.85 bits per heavy atom. The lowest BCUT2D eigenvalue weighted by atomic mass is 9.88. The summed E-state index contributed by atoms with van der Waals surface area (Å²) < 4.78 is 12.5. The lowest BCUT2D eigenvalue weighted by molar-refractivity contribution is -0.148. The maximum absolute atomic E-state index is 13.6. The quantitative estimate of drug-likeness (QED) is 0.679. The molecule has 3 heterocycles. The van der Waals surface area contributed by atoms with Crippen molar-refractivity contribution in [1.29, 1.82) is 0 Å². The number of nitrogens with zero attached hydrogens (tertiary/aromatic N) is 2. The molecule has 7 nitrogen and oxygen atoms in total. The second kappa shape index (κ2) is 8.95. The number of hydrogen-bond acceptors (Lipinski definition) is 6. The molecular formula is C26H32N2O5. The van der Waals surface area contributed by atoms with Gasteiger partial charge in [-0.05, 0) is 37.0 Å². The van der Waals surface area contributed by atoms with Crippen molar-refractivity contribution in [1.82, 2.24) is 9.47 Å². The fraction of sp³-hybridized carbons (Fsp3) is 0.538. The number of hydrogen-bond donors (Lipinski definition) is 1. The lowest BCUT2D eigenvalue weighted by Crippen LogP contribution is -2.45. The molecule has 0 radical (unpaired) electrons. The molecule has 4 atom stereocenters. The highest BCUT2D eigenvalue weighted by Gasteiger charge is 2.56. The molecule has 176 valence electrons. The number of aromatic nitrogens is 1. The minimum atomic E-state index is -0.478. The monoisotopic (exact) mass is 452 g/mol. The third-order valence-corrected chi connectivity index (χ3v) is 7.97. The summed E-state index contributed by atoms with van der Waals surface area (Å²) in [6.45, 7) is 1.17. The van der Waals surface area contributed by atoms with Gasteiger partial charge >= 0.3 is 5.97 Å². The van der Waals surface area contributed by atoms with Crippen molar-refractivity contribution < 1.29 is 19.4 Å². The number of rotatable bonds is 6. The summed E-state index contributed by atoms with van der Waals surface area (Å²) in [4.78, 5) is 28.7. The molecule has 1 saturated heterocycles. The highest BCUT2D eigenvalue weighted by molar-refractivity contribution is 5.77. The van der Waals surface area contributed by atoms with Crippen molar-refractivity contribution in [3.05, 3.63) is 52.4 Å². The zero-order chi connectivity index (χ0) is 23.1. The van der Waals surface area contributed by atoms with Gasteiger partial charge in [-0.1, -0.05) is 31.0 Å². The van der Waals surface area contributed by atoms with Gasteiger partial charge in [0.1, 0.15) is 11.8 Å². The Hall–Kier alpha value is -2.64. The largest absolute Gasteiger partial charge is 0.496 e. The first-order valence-electron chi connectivity index (χ1n) is 11.9. The van der Waals surface area contributed by atoms with Gasteiger partial charge in [0, 0.05) is 42.8 Å². The second-order valence-electron chi connectivity index (χ2n) is 9.56. The third kappa shape index (κ3) is 3.58. The van der Waals surface area contributed by atoms with E-state index >= 15 is 0 Å². The first kappa shape index (κ1) is 22.2. The summed E-state index contributed by atoms with van der Waals surface area (Å²) in [7, 11) is 3.02. The minimum Gasteiger partial charge on any atom is -0.496 e. The summed E-state index contributed by atoms with van der Waals surface area (Å²) in [5, 5.41) is 10.3. The van der Waals surface area contributed by atoms with Crippen LogP contribution in [0.3, 0.4) is 0 Å². The average Bonchev–Trinajstić information content (AvgIpc) is 3.55. The molecule has 0 unspecified atom stereocenters. The van der Waals surface area contributed by atoms with E-state index in [-0.39, 0.29) is 36.0 Å². The summed E-state index contributed by atoms with van der Waals surface area (Å²) in [5.41, 5.74) is 2.24. The molecule has 33 heavy (non-hydrogen) atoms. The first-order chi connectivity index (χ1) is 16.1. The summed E-state index contributed by atoms with van der Waals surface area (Å²) in [5.74, 6) is 0.624. The number of carbonyl (C=O) groups excluding carboxylic acids is 1. The number of ether oxygens (including phenoxy) is 2. The third-order valence-electron chi connectivity index (χ3n) is 7.97. The van der Waals surface area contributed by atoms with Crippen LogP contribution in [0.4, 0.5) is 0 Å². The Bertz CT molecular complexity index is 1090. The molecule has 2 aromatic rings. The van der Waals surface area contributed by atoms with E-state index in [0.29, 0.717) is 23.8 Å². The lowest BCUT2D eigenvalue weighted by Gasteiger charge is -2.32. The fourth-order valence-corrected chi connectivity index (χ4v) is 6.46. The Morgan fingerprint density at radius 1 is 1.09 bits per heavy atom. The van der Waals surface area contributed by atoms with E-state index in [4.69, 9.17) is 9.47 Å². The van der Waals surface area contributed by atoms with Gasteiger partial charge < -0.3 is 19.1 Å². The topological polar surface area (TPSA) is 81.0 Å². The standard InChI is InChI=1S/C26H32N2O5/c1-32-22-10-6-5-9-17(22)18-11-12-21-23-19(14-27(21)25(18)30)20(15-29)24(26(31)33-2)28(23)13-16-7-3-4-8-16/h5-6,9-12,16,19-20,23-24,29H,3-4,7-8,13-15H2,1-2H3/t19-,20-,23+,24-/m0/s1. The number of methoxy groups -OCH3 is 2. The number of fused-ring (bicyclic) bond motifs is 3. The molecule has 1 aromatic carbocycles. The van der Waals surface area contributed by atoms with Crippen molar-refractivity contribution in [3.63, 3.8) is 0 Å². The number of aliphatic hydroxyl groups excluding tert-OH is 1. The van der Waals surface area contributed by atoms with Gasteiger partial charge in [0.15, 0.2) is 0 Å². The van der Waals surface area contributed by atoms with Crippen molar-refractivity contribution in [3.8, 4) is 16.9 Å². The number of likely N-dealkylation sites (tertiary alicyclic amines) is 1. The second-order valence-corrected chi connectivity index (χ2v) is 9.56. The van der Waals surface area contributed by atoms with Crippen LogP contribution < -0.4 is 10.3 Å². The highest BCUT2D eigenvalue weighted by Crippen LogP contribution is 2.50. The molecule has 0 amide bonds. The number of pyridine rings is 1. The SMILES string of the molecule is COC(=O)[C@@H]1[C@@H](CO)[C@@H]2Cn3c(ccc(-c4ccccc4OC)c3=O)[C@@H]2N1CC1CCCC1. The zero-order valence-corrected chi connectivity index (χ0v) is 19.3. The normalized spacial score (nSPS) is 26.9.